The Labute approximate surface area is 236 Å². The van der Waals surface area contributed by atoms with Gasteiger partial charge in [0, 0.05) is 19.4 Å². The predicted molar refractivity (Wildman–Crippen MR) is 151 cm³/mol. The molecule has 0 aromatic rings. The smallest absolute Gasteiger partial charge is 0.303 e. The van der Waals surface area contributed by atoms with Gasteiger partial charge in [0.1, 0.15) is 0 Å². The molecule has 0 aliphatic heterocycles. The van der Waals surface area contributed by atoms with Gasteiger partial charge in [-0.05, 0) is 117 Å². The molecule has 4 unspecified atom stereocenters. The number of methoxy groups -OCH3 is 1. The quantitative estimate of drug-likeness (QED) is 0.364. The molecule has 0 amide bonds. The maximum atomic E-state index is 11.9. The lowest BCUT2D eigenvalue weighted by molar-refractivity contribution is -0.186. The summed E-state index contributed by atoms with van der Waals surface area (Å²) in [4.78, 5) is 11.9. The Morgan fingerprint density at radius 3 is 2.18 bits per heavy atom. The van der Waals surface area contributed by atoms with Gasteiger partial charge >= 0.3 is 5.97 Å². The van der Waals surface area contributed by atoms with E-state index in [4.69, 9.17) is 9.47 Å². The van der Waals surface area contributed by atoms with Crippen molar-refractivity contribution in [3.63, 3.8) is 0 Å². The lowest BCUT2D eigenvalue weighted by Crippen LogP contribution is -2.59. The van der Waals surface area contributed by atoms with Crippen LogP contribution in [-0.2, 0) is 14.3 Å². The Morgan fingerprint density at radius 1 is 0.974 bits per heavy atom. The van der Waals surface area contributed by atoms with Crippen molar-refractivity contribution in [2.24, 2.45) is 50.7 Å². The summed E-state index contributed by atoms with van der Waals surface area (Å²) in [6, 6.07) is 0. The Bertz CT molecular complexity index is 972. The monoisotopic (exact) mass is 548 g/mol. The second-order valence-electron chi connectivity index (χ2n) is 16.3. The van der Waals surface area contributed by atoms with Crippen LogP contribution in [0.2, 0.25) is 0 Å². The molecule has 5 aliphatic rings. The average molecular weight is 549 g/mol. The van der Waals surface area contributed by atoms with Crippen LogP contribution in [0, 0.1) is 50.7 Å². The molecule has 224 valence electrons. The fraction of sp³-hybridized carbons (Fsp3) is 0.970. The van der Waals surface area contributed by atoms with E-state index in [1.54, 1.807) is 21.0 Å². The van der Waals surface area contributed by atoms with Crippen LogP contribution < -0.4 is 0 Å². The van der Waals surface area contributed by atoms with Crippen molar-refractivity contribution < 1.29 is 29.6 Å². The molecular formula is C33H56O6. The molecule has 5 aliphatic carbocycles. The Hall–Kier alpha value is -0.690. The first kappa shape index (κ1) is 29.8. The van der Waals surface area contributed by atoms with Gasteiger partial charge in [-0.3, -0.25) is 4.79 Å². The van der Waals surface area contributed by atoms with E-state index in [9.17, 15) is 20.1 Å². The van der Waals surface area contributed by atoms with Crippen molar-refractivity contribution in [1.82, 2.24) is 0 Å². The first-order chi connectivity index (χ1) is 17.9. The van der Waals surface area contributed by atoms with Gasteiger partial charge in [-0.15, -0.1) is 0 Å². The number of esters is 1. The van der Waals surface area contributed by atoms with Crippen LogP contribution in [0.15, 0.2) is 0 Å². The lowest BCUT2D eigenvalue weighted by atomic mass is 9.41. The highest BCUT2D eigenvalue weighted by Gasteiger charge is 2.83. The molecule has 5 rings (SSSR count). The lowest BCUT2D eigenvalue weighted by Gasteiger charge is -2.63. The molecule has 6 heteroatoms. The molecule has 0 saturated heterocycles. The highest BCUT2D eigenvalue weighted by Crippen LogP contribution is 2.89. The maximum Gasteiger partial charge on any atom is 0.303 e. The van der Waals surface area contributed by atoms with E-state index in [1.807, 2.05) is 0 Å². The summed E-state index contributed by atoms with van der Waals surface area (Å²) >= 11 is 0. The van der Waals surface area contributed by atoms with Gasteiger partial charge < -0.3 is 24.8 Å². The molecule has 0 aromatic heterocycles. The van der Waals surface area contributed by atoms with Gasteiger partial charge in [0.05, 0.1) is 23.9 Å². The third kappa shape index (κ3) is 3.89. The van der Waals surface area contributed by atoms with Crippen LogP contribution >= 0.6 is 0 Å². The molecule has 3 N–H and O–H groups in total. The second-order valence-corrected chi connectivity index (χ2v) is 16.3. The minimum absolute atomic E-state index is 0.00597. The summed E-state index contributed by atoms with van der Waals surface area (Å²) in [6.45, 7) is 16.4. The number of hydrogen-bond donors (Lipinski definition) is 3. The molecule has 0 aromatic carbocycles. The number of carbonyl (C=O) groups excluding carboxylic acids is 1. The van der Waals surface area contributed by atoms with Crippen molar-refractivity contribution >= 4 is 5.97 Å². The molecule has 5 fully saturated rings. The van der Waals surface area contributed by atoms with E-state index >= 15 is 0 Å². The van der Waals surface area contributed by atoms with Gasteiger partial charge in [0.2, 0.25) is 0 Å². The van der Waals surface area contributed by atoms with Crippen molar-refractivity contribution in [2.75, 3.05) is 7.11 Å². The van der Waals surface area contributed by atoms with Gasteiger partial charge in [-0.25, -0.2) is 0 Å². The fourth-order valence-corrected chi connectivity index (χ4v) is 12.0. The molecule has 12 atom stereocenters. The highest BCUT2D eigenvalue weighted by atomic mass is 16.6. The van der Waals surface area contributed by atoms with Gasteiger partial charge in [-0.1, -0.05) is 34.6 Å². The second kappa shape index (κ2) is 9.15. The number of aliphatic hydroxyl groups is 3. The van der Waals surface area contributed by atoms with Crippen LogP contribution in [0.3, 0.4) is 0 Å². The largest absolute Gasteiger partial charge is 0.457 e. The van der Waals surface area contributed by atoms with E-state index in [-0.39, 0.29) is 34.4 Å². The van der Waals surface area contributed by atoms with E-state index in [2.05, 4.69) is 34.6 Å². The normalized spacial score (nSPS) is 48.6. The average Bonchev–Trinajstić information content (AvgIpc) is 3.46. The summed E-state index contributed by atoms with van der Waals surface area (Å²) in [6.07, 6.45) is 7.74. The summed E-state index contributed by atoms with van der Waals surface area (Å²) in [5.41, 5.74) is -0.737. The van der Waals surface area contributed by atoms with Crippen molar-refractivity contribution in [2.45, 2.75) is 143 Å². The fourth-order valence-electron chi connectivity index (χ4n) is 12.0. The molecule has 39 heavy (non-hydrogen) atoms. The topological polar surface area (TPSA) is 96.2 Å². The van der Waals surface area contributed by atoms with Crippen LogP contribution in [0.1, 0.15) is 113 Å². The van der Waals surface area contributed by atoms with Crippen LogP contribution in [0.4, 0.5) is 0 Å². The van der Waals surface area contributed by atoms with Crippen LogP contribution in [-0.4, -0.2) is 58.4 Å². The molecular weight excluding hydrogens is 492 g/mol. The van der Waals surface area contributed by atoms with E-state index < -0.39 is 23.8 Å². The summed E-state index contributed by atoms with van der Waals surface area (Å²) in [5, 5.41) is 33.7. The third-order valence-electron chi connectivity index (χ3n) is 14.1. The molecule has 5 saturated carbocycles. The Kier molecular flexibility index (Phi) is 6.99. The zero-order valence-electron chi connectivity index (χ0n) is 26.0. The number of fused-ring (bicyclic) bond motifs is 2. The summed E-state index contributed by atoms with van der Waals surface area (Å²) in [5.74, 6) is 1.23. The van der Waals surface area contributed by atoms with Crippen LogP contribution in [0.5, 0.6) is 0 Å². The highest BCUT2D eigenvalue weighted by molar-refractivity contribution is 5.66. The van der Waals surface area contributed by atoms with Crippen LogP contribution in [0.25, 0.3) is 0 Å². The third-order valence-corrected chi connectivity index (χ3v) is 14.1. The number of ether oxygens (including phenoxy) is 2. The SMILES string of the molecule is COC(C[C@@H](C)[C@H]1C[C@H](O)C2(C)C3CC[C@H]4C(C)(C)[C@@H](O)CC[C@@]45CC35CC[C@]12C)[C@H](OC(C)=O)C(C)(C)O. The Morgan fingerprint density at radius 2 is 1.59 bits per heavy atom. The zero-order chi connectivity index (χ0) is 29.0. The first-order valence-corrected chi connectivity index (χ1v) is 15.7. The molecule has 0 radical (unpaired) electrons. The van der Waals surface area contributed by atoms with Crippen molar-refractivity contribution in [1.29, 1.82) is 0 Å². The molecule has 0 bridgehead atoms. The van der Waals surface area contributed by atoms with Crippen molar-refractivity contribution in [3.05, 3.63) is 0 Å². The standard InChI is InChI=1S/C33H56O6/c1-19(16-22(38-9)27(29(5,6)37)39-20(2)34)21-17-26(36)31(8)24-11-10-23-28(3,4)25(35)12-13-32(23)18-33(24,32)15-14-30(21,31)7/h19,21-27,35-37H,10-18H2,1-9H3/t19-,21-,22?,23+,24?,25+,26+,27+,30-,31?,32-,33?/m1/s1. The summed E-state index contributed by atoms with van der Waals surface area (Å²) in [7, 11) is 1.63. The Balaban J connectivity index is 1.41. The molecule has 6 nitrogen and oxygen atoms in total. The first-order valence-electron chi connectivity index (χ1n) is 15.7. The predicted octanol–water partition coefficient (Wildman–Crippen LogP) is 5.50. The summed E-state index contributed by atoms with van der Waals surface area (Å²) < 4.78 is 11.5. The number of rotatable bonds is 7. The number of aliphatic hydroxyl groups excluding tert-OH is 2. The molecule has 2 spiro atoms. The van der Waals surface area contributed by atoms with Gasteiger partial charge in [0.25, 0.3) is 0 Å². The van der Waals surface area contributed by atoms with E-state index in [1.165, 1.54) is 19.8 Å². The zero-order valence-corrected chi connectivity index (χ0v) is 26.0. The number of carbonyl (C=O) groups is 1. The van der Waals surface area contributed by atoms with Gasteiger partial charge in [-0.2, -0.15) is 0 Å². The maximum absolute atomic E-state index is 11.9. The van der Waals surface area contributed by atoms with E-state index in [0.29, 0.717) is 35.0 Å². The van der Waals surface area contributed by atoms with Gasteiger partial charge in [0.15, 0.2) is 6.10 Å². The van der Waals surface area contributed by atoms with Crippen molar-refractivity contribution in [3.8, 4) is 0 Å². The minimum atomic E-state index is -1.23. The number of hydrogen-bond acceptors (Lipinski definition) is 6. The minimum Gasteiger partial charge on any atom is -0.457 e. The molecule has 0 heterocycles. The van der Waals surface area contributed by atoms with E-state index in [0.717, 1.165) is 38.5 Å².